The molecule has 0 aromatic heterocycles. The van der Waals surface area contributed by atoms with Crippen molar-refractivity contribution in [2.75, 3.05) is 5.43 Å². The molecule has 0 saturated carbocycles. The lowest BCUT2D eigenvalue weighted by molar-refractivity contribution is 1.27. The molecule has 11 heavy (non-hydrogen) atoms. The van der Waals surface area contributed by atoms with Crippen LogP contribution < -0.4 is 5.43 Å². The number of hydrogen-bond acceptors (Lipinski definition) is 2. The maximum Gasteiger partial charge on any atom is 0.0561 e. The zero-order valence-corrected chi connectivity index (χ0v) is 6.62. The van der Waals surface area contributed by atoms with Gasteiger partial charge in [0.05, 0.1) is 5.69 Å². The first-order chi connectivity index (χ1) is 5.43. The van der Waals surface area contributed by atoms with Gasteiger partial charge in [0.2, 0.25) is 0 Å². The van der Waals surface area contributed by atoms with E-state index in [2.05, 4.69) is 17.5 Å². The summed E-state index contributed by atoms with van der Waals surface area (Å²) < 4.78 is 0. The molecule has 1 rings (SSSR count). The summed E-state index contributed by atoms with van der Waals surface area (Å²) in [6.07, 6.45) is 2.80. The minimum Gasteiger partial charge on any atom is -0.279 e. The van der Waals surface area contributed by atoms with Gasteiger partial charge in [0.25, 0.3) is 0 Å². The molecule has 58 valence electrons. The van der Waals surface area contributed by atoms with E-state index < -0.39 is 0 Å². The van der Waals surface area contributed by atoms with Gasteiger partial charge < -0.3 is 0 Å². The summed E-state index contributed by atoms with van der Waals surface area (Å²) >= 11 is 0. The second-order valence-corrected chi connectivity index (χ2v) is 2.20. The third-order valence-corrected chi connectivity index (χ3v) is 1.24. The summed E-state index contributed by atoms with van der Waals surface area (Å²) in [6, 6.07) is 9.89. The summed E-state index contributed by atoms with van der Waals surface area (Å²) in [5.74, 6) is 0. The number of nitrogens with zero attached hydrogens (tertiary/aromatic N) is 1. The van der Waals surface area contributed by atoms with Gasteiger partial charge in [0, 0.05) is 6.21 Å². The van der Waals surface area contributed by atoms with Crippen LogP contribution in [0.2, 0.25) is 0 Å². The van der Waals surface area contributed by atoms with Gasteiger partial charge in [0.1, 0.15) is 0 Å². The van der Waals surface area contributed by atoms with Crippen LogP contribution in [-0.2, 0) is 0 Å². The Bertz CT molecular complexity index is 216. The second kappa shape index (κ2) is 4.50. The molecule has 0 fully saturated rings. The highest BCUT2D eigenvalue weighted by Gasteiger charge is 1.82. The molecule has 0 aliphatic heterocycles. The van der Waals surface area contributed by atoms with Crippen molar-refractivity contribution in [2.45, 2.75) is 13.3 Å². The highest BCUT2D eigenvalue weighted by molar-refractivity contribution is 5.58. The van der Waals surface area contributed by atoms with E-state index in [4.69, 9.17) is 0 Å². The molecule has 2 nitrogen and oxygen atoms in total. The van der Waals surface area contributed by atoms with Crippen molar-refractivity contribution in [3.63, 3.8) is 0 Å². The molecular weight excluding hydrogens is 136 g/mol. The van der Waals surface area contributed by atoms with Crippen molar-refractivity contribution in [1.29, 1.82) is 0 Å². The number of rotatable bonds is 3. The zero-order chi connectivity index (χ0) is 7.94. The first kappa shape index (κ1) is 7.79. The van der Waals surface area contributed by atoms with Crippen molar-refractivity contribution >= 4 is 11.9 Å². The van der Waals surface area contributed by atoms with Crippen LogP contribution in [0.4, 0.5) is 5.69 Å². The monoisotopic (exact) mass is 148 g/mol. The van der Waals surface area contributed by atoms with Gasteiger partial charge in [-0.15, -0.1) is 0 Å². The lowest BCUT2D eigenvalue weighted by Gasteiger charge is -1.96. The normalized spacial score (nSPS) is 10.3. The Hall–Kier alpha value is -1.31. The summed E-state index contributed by atoms with van der Waals surface area (Å²) in [4.78, 5) is 0. The number of benzene rings is 1. The van der Waals surface area contributed by atoms with Gasteiger partial charge in [-0.05, 0) is 18.6 Å². The Morgan fingerprint density at radius 1 is 1.36 bits per heavy atom. The first-order valence-electron chi connectivity index (χ1n) is 3.76. The van der Waals surface area contributed by atoms with Crippen LogP contribution in [0.1, 0.15) is 13.3 Å². The van der Waals surface area contributed by atoms with Gasteiger partial charge in [-0.2, -0.15) is 5.10 Å². The molecule has 1 aromatic rings. The Morgan fingerprint density at radius 3 is 2.73 bits per heavy atom. The highest BCUT2D eigenvalue weighted by Crippen LogP contribution is 2.03. The van der Waals surface area contributed by atoms with Crippen LogP contribution in [0.5, 0.6) is 0 Å². The molecule has 0 atom stereocenters. The Labute approximate surface area is 66.9 Å². The van der Waals surface area contributed by atoms with E-state index in [1.807, 2.05) is 36.5 Å². The number of nitrogens with one attached hydrogen (secondary N) is 1. The number of para-hydroxylation sites is 1. The minimum absolute atomic E-state index is 0.958. The van der Waals surface area contributed by atoms with Gasteiger partial charge in [0.15, 0.2) is 0 Å². The second-order valence-electron chi connectivity index (χ2n) is 2.20. The third-order valence-electron chi connectivity index (χ3n) is 1.24. The summed E-state index contributed by atoms with van der Waals surface area (Å²) in [5, 5.41) is 3.99. The van der Waals surface area contributed by atoms with E-state index in [1.165, 1.54) is 0 Å². The van der Waals surface area contributed by atoms with Gasteiger partial charge in [-0.1, -0.05) is 25.1 Å². The van der Waals surface area contributed by atoms with E-state index in [0.717, 1.165) is 12.1 Å². The van der Waals surface area contributed by atoms with Crippen molar-refractivity contribution in [3.8, 4) is 0 Å². The third kappa shape index (κ3) is 2.85. The van der Waals surface area contributed by atoms with Crippen molar-refractivity contribution in [1.82, 2.24) is 0 Å². The van der Waals surface area contributed by atoms with E-state index >= 15 is 0 Å². The standard InChI is InChI=1S/C9H12N2/c1-2-8-10-11-9-6-4-3-5-7-9/h3-8,11H,2H2,1H3. The van der Waals surface area contributed by atoms with E-state index in [0.29, 0.717) is 0 Å². The molecule has 0 amide bonds. The molecule has 0 heterocycles. The molecule has 1 aromatic carbocycles. The van der Waals surface area contributed by atoms with E-state index in [-0.39, 0.29) is 0 Å². The van der Waals surface area contributed by atoms with Crippen LogP contribution in [0.25, 0.3) is 0 Å². The summed E-state index contributed by atoms with van der Waals surface area (Å²) in [7, 11) is 0. The fourth-order valence-electron chi connectivity index (χ4n) is 0.724. The summed E-state index contributed by atoms with van der Waals surface area (Å²) in [6.45, 7) is 2.05. The van der Waals surface area contributed by atoms with Crippen LogP contribution in [0.3, 0.4) is 0 Å². The molecule has 1 N–H and O–H groups in total. The minimum atomic E-state index is 0.958. The van der Waals surface area contributed by atoms with Gasteiger partial charge >= 0.3 is 0 Å². The average Bonchev–Trinajstić information content (AvgIpc) is 2.07. The molecule has 0 aliphatic carbocycles. The van der Waals surface area contributed by atoms with Crippen LogP contribution in [-0.4, -0.2) is 6.21 Å². The Balaban J connectivity index is 2.45. The fourth-order valence-corrected chi connectivity index (χ4v) is 0.724. The average molecular weight is 148 g/mol. The SMILES string of the molecule is CCC=NNc1ccccc1. The highest BCUT2D eigenvalue weighted by atomic mass is 15.3. The van der Waals surface area contributed by atoms with Gasteiger partial charge in [-0.3, -0.25) is 5.43 Å². The van der Waals surface area contributed by atoms with Crippen molar-refractivity contribution in [2.24, 2.45) is 5.10 Å². The van der Waals surface area contributed by atoms with Crippen molar-refractivity contribution in [3.05, 3.63) is 30.3 Å². The summed E-state index contributed by atoms with van der Waals surface area (Å²) in [5.41, 5.74) is 3.94. The largest absolute Gasteiger partial charge is 0.279 e. The van der Waals surface area contributed by atoms with Crippen LogP contribution >= 0.6 is 0 Å². The Morgan fingerprint density at radius 2 is 2.09 bits per heavy atom. The fraction of sp³-hybridized carbons (Fsp3) is 0.222. The number of hydrazone groups is 1. The Kier molecular flexibility index (Phi) is 3.19. The van der Waals surface area contributed by atoms with Crippen molar-refractivity contribution < 1.29 is 0 Å². The predicted octanol–water partition coefficient (Wildman–Crippen LogP) is 2.49. The maximum atomic E-state index is 3.99. The molecule has 0 aliphatic rings. The predicted molar refractivity (Wildman–Crippen MR) is 48.8 cm³/mol. The molecule has 2 heteroatoms. The molecule has 0 bridgehead atoms. The van der Waals surface area contributed by atoms with E-state index in [9.17, 15) is 0 Å². The molecule has 0 saturated heterocycles. The van der Waals surface area contributed by atoms with Crippen LogP contribution in [0.15, 0.2) is 35.4 Å². The van der Waals surface area contributed by atoms with Gasteiger partial charge in [-0.25, -0.2) is 0 Å². The lowest BCUT2D eigenvalue weighted by atomic mass is 10.3. The number of hydrogen-bond donors (Lipinski definition) is 1. The lowest BCUT2D eigenvalue weighted by Crippen LogP contribution is -1.87. The molecular formula is C9H12N2. The first-order valence-corrected chi connectivity index (χ1v) is 3.76. The molecule has 0 unspecified atom stereocenters. The maximum absolute atomic E-state index is 3.99. The zero-order valence-electron chi connectivity index (χ0n) is 6.62. The number of anilines is 1. The topological polar surface area (TPSA) is 24.4 Å². The van der Waals surface area contributed by atoms with E-state index in [1.54, 1.807) is 0 Å². The van der Waals surface area contributed by atoms with Crippen LogP contribution in [0, 0.1) is 0 Å². The quantitative estimate of drug-likeness (QED) is 0.517. The molecule has 0 radical (unpaired) electrons. The molecule has 0 spiro atoms. The smallest absolute Gasteiger partial charge is 0.0561 e.